The Morgan fingerprint density at radius 3 is 1.42 bits per heavy atom. The van der Waals surface area contributed by atoms with Crippen LogP contribution in [0, 0.1) is 23.3 Å². The van der Waals surface area contributed by atoms with Crippen molar-refractivity contribution in [3.05, 3.63) is 163 Å². The number of nitrogens with one attached hydrogen (secondary N) is 2. The standard InChI is InChI=1S/2C16H14F2NO2.2C5H5.Ti/c2*1-21-9-8-11-4-2-3-5-13(11)16(20)19-15-7-6-12(17)10-14(15)18;2*1-2-4-5-3-1;/h2*2-7H,8-9H2,1H3,(H,19,20);2*1-3H,4H2;. The fourth-order valence-electron chi connectivity index (χ4n) is 7.13. The van der Waals surface area contributed by atoms with Gasteiger partial charge in [-0.2, -0.15) is 0 Å². The van der Waals surface area contributed by atoms with Gasteiger partial charge in [0.1, 0.15) is 0 Å². The Hall–Kier alpha value is -4.87. The van der Waals surface area contributed by atoms with Crippen molar-refractivity contribution in [3.8, 4) is 0 Å². The van der Waals surface area contributed by atoms with Gasteiger partial charge in [-0.1, -0.05) is 0 Å². The quantitative estimate of drug-likeness (QED) is 0.101. The first kappa shape index (κ1) is 37.9. The maximum absolute atomic E-state index is 17.3. The van der Waals surface area contributed by atoms with Gasteiger partial charge >= 0.3 is 310 Å². The Labute approximate surface area is 309 Å². The van der Waals surface area contributed by atoms with E-state index in [0.717, 1.165) is 24.3 Å². The molecule has 0 saturated carbocycles. The Balaban J connectivity index is 1.52. The molecule has 0 aromatic heterocycles. The predicted molar refractivity (Wildman–Crippen MR) is 196 cm³/mol. The van der Waals surface area contributed by atoms with E-state index in [9.17, 15) is 9.59 Å². The van der Waals surface area contributed by atoms with Crippen LogP contribution in [-0.4, -0.2) is 39.2 Å². The second kappa shape index (κ2) is 16.9. The fraction of sp³-hybridized carbons (Fsp3) is 0.190. The predicted octanol–water partition coefficient (Wildman–Crippen LogP) is 7.92. The SMILES string of the molecule is COCCc1ccccc1C(=O)Nc1ccc(F)[c]([Ti]([C]2=CC=CC2)([C]2=CC=CC2)[c]2c(F)ccc(NC(=O)c3ccccc3CCOC)c2F)c1F. The minimum atomic E-state index is -5.28. The Morgan fingerprint density at radius 2 is 1.04 bits per heavy atom. The summed E-state index contributed by atoms with van der Waals surface area (Å²) in [6, 6.07) is 17.9. The van der Waals surface area contributed by atoms with E-state index in [4.69, 9.17) is 9.47 Å². The zero-order chi connectivity index (χ0) is 37.5. The zero-order valence-corrected chi connectivity index (χ0v) is 30.8. The molecule has 2 amide bonds. The second-order valence-electron chi connectivity index (χ2n) is 12.7. The Kier molecular flexibility index (Phi) is 12.1. The van der Waals surface area contributed by atoms with E-state index in [-0.39, 0.29) is 35.3 Å². The van der Waals surface area contributed by atoms with Crippen LogP contribution in [0.1, 0.15) is 44.7 Å². The van der Waals surface area contributed by atoms with Gasteiger partial charge in [-0.3, -0.25) is 0 Å². The van der Waals surface area contributed by atoms with Crippen LogP contribution in [-0.2, 0) is 38.9 Å². The third kappa shape index (κ3) is 7.50. The topological polar surface area (TPSA) is 76.7 Å². The van der Waals surface area contributed by atoms with E-state index in [1.165, 1.54) is 0 Å². The summed E-state index contributed by atoms with van der Waals surface area (Å²) in [7, 11) is 3.08. The van der Waals surface area contributed by atoms with Crippen LogP contribution in [0.5, 0.6) is 0 Å². The van der Waals surface area contributed by atoms with Crippen LogP contribution in [0.4, 0.5) is 28.9 Å². The summed E-state index contributed by atoms with van der Waals surface area (Å²) in [4.78, 5) is 27.3. The molecule has 272 valence electrons. The summed E-state index contributed by atoms with van der Waals surface area (Å²) in [6.07, 6.45) is 11.5. The third-order valence-corrected chi connectivity index (χ3v) is 17.5. The third-order valence-electron chi connectivity index (χ3n) is 9.61. The summed E-state index contributed by atoms with van der Waals surface area (Å²) in [6.45, 7) is 0.692. The average Bonchev–Trinajstić information content (AvgIpc) is 3.91. The number of hydrogen-bond donors (Lipinski definition) is 2. The van der Waals surface area contributed by atoms with Crippen molar-refractivity contribution >= 4 is 30.9 Å². The molecule has 0 atom stereocenters. The molecule has 0 heterocycles. The molecule has 0 fully saturated rings. The van der Waals surface area contributed by atoms with Gasteiger partial charge in [0.2, 0.25) is 0 Å². The molecule has 53 heavy (non-hydrogen) atoms. The molecule has 0 bridgehead atoms. The number of rotatable bonds is 14. The van der Waals surface area contributed by atoms with Gasteiger partial charge in [0.05, 0.1) is 0 Å². The molecular weight excluding hydrogens is 720 g/mol. The van der Waals surface area contributed by atoms with Crippen LogP contribution in [0.25, 0.3) is 0 Å². The van der Waals surface area contributed by atoms with Gasteiger partial charge in [0.15, 0.2) is 0 Å². The van der Waals surface area contributed by atoms with E-state index in [1.807, 2.05) is 0 Å². The van der Waals surface area contributed by atoms with E-state index >= 15 is 17.6 Å². The van der Waals surface area contributed by atoms with E-state index in [0.29, 0.717) is 44.9 Å². The van der Waals surface area contributed by atoms with Gasteiger partial charge in [0, 0.05) is 0 Å². The molecule has 2 aliphatic rings. The number of allylic oxidation sites excluding steroid dienone is 8. The number of amides is 2. The van der Waals surface area contributed by atoms with Crippen LogP contribution in [0.2, 0.25) is 0 Å². The molecular formula is C42H38F4N2O4Ti. The summed E-state index contributed by atoms with van der Waals surface area (Å²) < 4.78 is 78.1. The first-order valence-electron chi connectivity index (χ1n) is 17.2. The zero-order valence-electron chi connectivity index (χ0n) is 29.3. The molecule has 2 aliphatic carbocycles. The van der Waals surface area contributed by atoms with E-state index < -0.39 is 59.4 Å². The van der Waals surface area contributed by atoms with Crippen LogP contribution >= 0.6 is 0 Å². The Bertz CT molecular complexity index is 2030. The van der Waals surface area contributed by atoms with Crippen molar-refractivity contribution in [1.82, 2.24) is 0 Å². The van der Waals surface area contributed by atoms with Crippen molar-refractivity contribution < 1.29 is 53.2 Å². The molecule has 4 aromatic carbocycles. The minimum absolute atomic E-state index is 0.196. The number of carbonyl (C=O) groups excluding carboxylic acids is 2. The fourth-order valence-corrected chi connectivity index (χ4v) is 15.4. The molecule has 0 unspecified atom stereocenters. The van der Waals surface area contributed by atoms with Crippen LogP contribution in [0.3, 0.4) is 0 Å². The van der Waals surface area contributed by atoms with E-state index in [2.05, 4.69) is 10.6 Å². The van der Waals surface area contributed by atoms with Gasteiger partial charge in [0.25, 0.3) is 0 Å². The first-order chi connectivity index (χ1) is 25.7. The molecule has 6 nitrogen and oxygen atoms in total. The van der Waals surface area contributed by atoms with Gasteiger partial charge < -0.3 is 0 Å². The number of halogens is 4. The average molecular weight is 759 g/mol. The molecule has 4 aromatic rings. The maximum atomic E-state index is 17.3. The molecule has 0 radical (unpaired) electrons. The van der Waals surface area contributed by atoms with Crippen molar-refractivity contribution in [2.24, 2.45) is 0 Å². The monoisotopic (exact) mass is 758 g/mol. The number of carbonyl (C=O) groups is 2. The van der Waals surface area contributed by atoms with Crippen molar-refractivity contribution in [2.45, 2.75) is 25.7 Å². The Morgan fingerprint density at radius 1 is 0.623 bits per heavy atom. The molecule has 0 saturated heterocycles. The van der Waals surface area contributed by atoms with Gasteiger partial charge in [-0.05, 0) is 0 Å². The molecule has 6 rings (SSSR count). The van der Waals surface area contributed by atoms with Crippen LogP contribution in [0.15, 0.2) is 117 Å². The number of ether oxygens (including phenoxy) is 2. The number of benzene rings is 4. The number of methoxy groups -OCH3 is 2. The van der Waals surface area contributed by atoms with Gasteiger partial charge in [-0.25, -0.2) is 0 Å². The molecule has 0 aliphatic heterocycles. The first-order valence-corrected chi connectivity index (χ1v) is 20.3. The summed E-state index contributed by atoms with van der Waals surface area (Å²) in [5.41, 5.74) is 1.21. The van der Waals surface area contributed by atoms with Crippen LogP contribution < -0.4 is 18.4 Å². The van der Waals surface area contributed by atoms with E-state index in [1.54, 1.807) is 99.2 Å². The molecule has 2 N–H and O–H groups in total. The normalized spacial score (nSPS) is 13.6. The summed E-state index contributed by atoms with van der Waals surface area (Å²) in [5, 5.41) is 5.21. The van der Waals surface area contributed by atoms with Gasteiger partial charge in [-0.15, -0.1) is 0 Å². The van der Waals surface area contributed by atoms with Crippen molar-refractivity contribution in [2.75, 3.05) is 38.1 Å². The number of hydrogen-bond acceptors (Lipinski definition) is 4. The number of anilines is 2. The molecule has 0 spiro atoms. The summed E-state index contributed by atoms with van der Waals surface area (Å²) >= 11 is -5.28. The second-order valence-corrected chi connectivity index (χ2v) is 18.6. The summed E-state index contributed by atoms with van der Waals surface area (Å²) in [5.74, 6) is -5.50. The van der Waals surface area contributed by atoms with Crippen molar-refractivity contribution in [1.29, 1.82) is 0 Å². The van der Waals surface area contributed by atoms with Crippen molar-refractivity contribution in [3.63, 3.8) is 0 Å². The molecule has 11 heteroatoms.